The molecule has 0 spiro atoms. The molecule has 24 heavy (non-hydrogen) atoms. The van der Waals surface area contributed by atoms with Crippen LogP contribution in [-0.4, -0.2) is 33.9 Å². The zero-order valence-corrected chi connectivity index (χ0v) is 15.4. The van der Waals surface area contributed by atoms with Crippen LogP contribution in [0.1, 0.15) is 6.42 Å². The third-order valence-corrected chi connectivity index (χ3v) is 5.83. The van der Waals surface area contributed by atoms with E-state index in [-0.39, 0.29) is 6.10 Å². The first-order chi connectivity index (χ1) is 11.3. The second-order valence-corrected chi connectivity index (χ2v) is 8.59. The molecule has 1 saturated heterocycles. The molecule has 4 nitrogen and oxygen atoms in total. The van der Waals surface area contributed by atoms with Crippen molar-refractivity contribution in [2.24, 2.45) is 0 Å². The summed E-state index contributed by atoms with van der Waals surface area (Å²) in [6, 6.07) is 12.2. The molecule has 1 unspecified atom stereocenters. The number of halogens is 2. The molecule has 7 heteroatoms. The number of rotatable bonds is 4. The largest absolute Gasteiger partial charge is 0.488 e. The number of para-hydroxylation sites is 1. The van der Waals surface area contributed by atoms with E-state index < -0.39 is 9.84 Å². The number of nitrogens with zero attached hydrogens (tertiary/aromatic N) is 1. The van der Waals surface area contributed by atoms with E-state index >= 15 is 0 Å². The van der Waals surface area contributed by atoms with Crippen molar-refractivity contribution < 1.29 is 13.2 Å². The van der Waals surface area contributed by atoms with E-state index in [1.54, 1.807) is 30.3 Å². The van der Waals surface area contributed by atoms with E-state index in [4.69, 9.17) is 27.9 Å². The summed E-state index contributed by atoms with van der Waals surface area (Å²) in [5, 5.41) is 0.936. The van der Waals surface area contributed by atoms with E-state index in [9.17, 15) is 8.42 Å². The maximum absolute atomic E-state index is 12.0. The maximum Gasteiger partial charge on any atom is 0.177 e. The van der Waals surface area contributed by atoms with Crippen molar-refractivity contribution in [1.82, 2.24) is 0 Å². The number of sulfone groups is 1. The summed E-state index contributed by atoms with van der Waals surface area (Å²) in [6.07, 6.45) is 2.00. The first-order valence-electron chi connectivity index (χ1n) is 7.50. The molecule has 2 aromatic rings. The summed E-state index contributed by atoms with van der Waals surface area (Å²) < 4.78 is 29.9. The van der Waals surface area contributed by atoms with Gasteiger partial charge in [-0.05, 0) is 24.3 Å². The smallest absolute Gasteiger partial charge is 0.177 e. The Labute approximate surface area is 151 Å². The van der Waals surface area contributed by atoms with Crippen molar-refractivity contribution in [2.45, 2.75) is 17.4 Å². The van der Waals surface area contributed by atoms with E-state index in [2.05, 4.69) is 0 Å². The minimum atomic E-state index is -3.27. The zero-order chi connectivity index (χ0) is 17.3. The molecule has 2 aromatic carbocycles. The fourth-order valence-electron chi connectivity index (χ4n) is 2.82. The predicted molar refractivity (Wildman–Crippen MR) is 97.3 cm³/mol. The molecular formula is C17H17Cl2NO3S. The van der Waals surface area contributed by atoms with Crippen LogP contribution in [0.5, 0.6) is 5.75 Å². The van der Waals surface area contributed by atoms with Gasteiger partial charge in [0.1, 0.15) is 11.9 Å². The lowest BCUT2D eigenvalue weighted by atomic mass is 10.3. The van der Waals surface area contributed by atoms with E-state index in [1.807, 2.05) is 17.0 Å². The Kier molecular flexibility index (Phi) is 4.95. The molecule has 128 valence electrons. The Morgan fingerprint density at radius 2 is 1.88 bits per heavy atom. The van der Waals surface area contributed by atoms with Crippen molar-refractivity contribution in [3.05, 3.63) is 52.5 Å². The van der Waals surface area contributed by atoms with Crippen LogP contribution in [0.15, 0.2) is 47.4 Å². The van der Waals surface area contributed by atoms with E-state index in [0.717, 1.165) is 18.7 Å². The monoisotopic (exact) mass is 385 g/mol. The molecule has 1 fully saturated rings. The summed E-state index contributed by atoms with van der Waals surface area (Å²) in [7, 11) is -3.27. The molecule has 1 aliphatic heterocycles. The lowest BCUT2D eigenvalue weighted by Gasteiger charge is -2.21. The molecule has 1 heterocycles. The Hall–Kier alpha value is -1.43. The third kappa shape index (κ3) is 3.79. The number of benzene rings is 2. The normalized spacial score (nSPS) is 18.0. The van der Waals surface area contributed by atoms with Gasteiger partial charge in [-0.3, -0.25) is 0 Å². The predicted octanol–water partition coefficient (Wildman–Crippen LogP) is 4.05. The Balaban J connectivity index is 1.75. The molecule has 0 aliphatic carbocycles. The van der Waals surface area contributed by atoms with Crippen LogP contribution in [0.3, 0.4) is 0 Å². The van der Waals surface area contributed by atoms with Gasteiger partial charge >= 0.3 is 0 Å². The quantitative estimate of drug-likeness (QED) is 0.795. The molecule has 1 atom stereocenters. The SMILES string of the molecule is CS(=O)(=O)c1ccccc1N1CCC(Oc2ccc(Cl)c(Cl)c2)C1. The maximum atomic E-state index is 12.0. The summed E-state index contributed by atoms with van der Waals surface area (Å²) >= 11 is 11.9. The topological polar surface area (TPSA) is 46.6 Å². The average Bonchev–Trinajstić information content (AvgIpc) is 2.98. The Morgan fingerprint density at radius 3 is 2.58 bits per heavy atom. The van der Waals surface area contributed by atoms with E-state index in [1.165, 1.54) is 6.26 Å². The van der Waals surface area contributed by atoms with Crippen molar-refractivity contribution in [1.29, 1.82) is 0 Å². The fourth-order valence-corrected chi connectivity index (χ4v) is 4.01. The molecule has 1 aliphatic rings. The van der Waals surface area contributed by atoms with Crippen LogP contribution in [0, 0.1) is 0 Å². The van der Waals surface area contributed by atoms with Gasteiger partial charge < -0.3 is 9.64 Å². The van der Waals surface area contributed by atoms with Gasteiger partial charge in [0.05, 0.1) is 27.2 Å². The molecule has 0 amide bonds. The lowest BCUT2D eigenvalue weighted by molar-refractivity contribution is 0.225. The highest BCUT2D eigenvalue weighted by Gasteiger charge is 2.27. The van der Waals surface area contributed by atoms with Gasteiger partial charge in [0.25, 0.3) is 0 Å². The van der Waals surface area contributed by atoms with Crippen LogP contribution < -0.4 is 9.64 Å². The van der Waals surface area contributed by atoms with Gasteiger partial charge in [-0.15, -0.1) is 0 Å². The highest BCUT2D eigenvalue weighted by Crippen LogP contribution is 2.31. The molecular weight excluding hydrogens is 369 g/mol. The van der Waals surface area contributed by atoms with Gasteiger partial charge in [0.15, 0.2) is 9.84 Å². The number of hydrogen-bond donors (Lipinski definition) is 0. The number of ether oxygens (including phenoxy) is 1. The van der Waals surface area contributed by atoms with Crippen LogP contribution in [0.25, 0.3) is 0 Å². The molecule has 3 rings (SSSR count). The van der Waals surface area contributed by atoms with Crippen molar-refractivity contribution in [2.75, 3.05) is 24.2 Å². The molecule has 0 N–H and O–H groups in total. The second kappa shape index (κ2) is 6.82. The second-order valence-electron chi connectivity index (χ2n) is 5.79. The van der Waals surface area contributed by atoms with Crippen LogP contribution >= 0.6 is 23.2 Å². The van der Waals surface area contributed by atoms with Crippen LogP contribution in [-0.2, 0) is 9.84 Å². The fraction of sp³-hybridized carbons (Fsp3) is 0.294. The van der Waals surface area contributed by atoms with Crippen molar-refractivity contribution in [3.63, 3.8) is 0 Å². The minimum absolute atomic E-state index is 0.0325. The standard InChI is InChI=1S/C17H17Cl2NO3S/c1-24(21,22)17-5-3-2-4-16(17)20-9-8-13(11-20)23-12-6-7-14(18)15(19)10-12/h2-7,10,13H,8-9,11H2,1H3. The first-order valence-corrected chi connectivity index (χ1v) is 10.1. The third-order valence-electron chi connectivity index (χ3n) is 3.94. The summed E-state index contributed by atoms with van der Waals surface area (Å²) in [6.45, 7) is 1.35. The number of anilines is 1. The van der Waals surface area contributed by atoms with Gasteiger partial charge in [-0.25, -0.2) is 8.42 Å². The van der Waals surface area contributed by atoms with Crippen molar-refractivity contribution in [3.8, 4) is 5.75 Å². The average molecular weight is 386 g/mol. The molecule has 0 bridgehead atoms. The molecule has 0 saturated carbocycles. The summed E-state index contributed by atoms with van der Waals surface area (Å²) in [5.74, 6) is 0.660. The summed E-state index contributed by atoms with van der Waals surface area (Å²) in [4.78, 5) is 2.39. The molecule has 0 aromatic heterocycles. The lowest BCUT2D eigenvalue weighted by Crippen LogP contribution is -2.25. The van der Waals surface area contributed by atoms with Crippen molar-refractivity contribution >= 4 is 38.7 Å². The highest BCUT2D eigenvalue weighted by atomic mass is 35.5. The molecule has 0 radical (unpaired) electrons. The first kappa shape index (κ1) is 17.4. The van der Waals surface area contributed by atoms with Crippen LogP contribution in [0.4, 0.5) is 5.69 Å². The zero-order valence-electron chi connectivity index (χ0n) is 13.1. The minimum Gasteiger partial charge on any atom is -0.488 e. The van der Waals surface area contributed by atoms with Crippen LogP contribution in [0.2, 0.25) is 10.0 Å². The van der Waals surface area contributed by atoms with Gasteiger partial charge in [-0.1, -0.05) is 35.3 Å². The Bertz CT molecular complexity index is 855. The van der Waals surface area contributed by atoms with Gasteiger partial charge in [-0.2, -0.15) is 0 Å². The highest BCUT2D eigenvalue weighted by molar-refractivity contribution is 7.90. The Morgan fingerprint density at radius 1 is 1.12 bits per heavy atom. The van der Waals surface area contributed by atoms with Gasteiger partial charge in [0.2, 0.25) is 0 Å². The summed E-state index contributed by atoms with van der Waals surface area (Å²) in [5.41, 5.74) is 0.722. The number of hydrogen-bond acceptors (Lipinski definition) is 4. The van der Waals surface area contributed by atoms with Gasteiger partial charge in [0, 0.05) is 25.3 Å². The van der Waals surface area contributed by atoms with E-state index in [0.29, 0.717) is 27.2 Å².